The highest BCUT2D eigenvalue weighted by atomic mass is 31.2. The highest BCUT2D eigenvalue weighted by molar-refractivity contribution is 7.51. The molecule has 3 heterocycles. The van der Waals surface area contributed by atoms with Crippen LogP contribution in [0.2, 0.25) is 0 Å². The third kappa shape index (κ3) is 2.94. The van der Waals surface area contributed by atoms with E-state index in [-0.39, 0.29) is 5.82 Å². The second kappa shape index (κ2) is 5.38. The molecule has 3 rings (SSSR count). The highest BCUT2D eigenvalue weighted by Crippen LogP contribution is 2.39. The number of anilines is 1. The standard InChI is InChI=1S/C11H11N6O5P/c12-3-11(21-6-23(18,19)20)2-1-7(22-11)17-5-16-8-9(13)14-4-15-10(8)17/h1-2,4-5,7H,6H2,(H2,13,14,15)(H2,18,19,20)/t7-,11+/m1/s1. The normalized spacial score (nSPS) is 24.1. The summed E-state index contributed by atoms with van der Waals surface area (Å²) in [5, 5.41) is 9.21. The van der Waals surface area contributed by atoms with E-state index in [1.54, 1.807) is 6.07 Å². The quantitative estimate of drug-likeness (QED) is 0.504. The third-order valence-electron chi connectivity index (χ3n) is 3.04. The molecular weight excluding hydrogens is 327 g/mol. The van der Waals surface area contributed by atoms with Crippen molar-refractivity contribution in [1.82, 2.24) is 19.5 Å². The van der Waals surface area contributed by atoms with Crippen LogP contribution < -0.4 is 5.73 Å². The SMILES string of the molecule is N#C[C@]1(OCP(=O)(O)O)C=C[C@H](n2cnc3c(N)ncnc32)O1. The molecule has 0 fully saturated rings. The second-order valence-corrected chi connectivity index (χ2v) is 6.26. The number of hydrogen-bond donors (Lipinski definition) is 3. The lowest BCUT2D eigenvalue weighted by Gasteiger charge is -2.22. The first-order chi connectivity index (χ1) is 10.8. The molecule has 1 aliphatic heterocycles. The van der Waals surface area contributed by atoms with Gasteiger partial charge in [0.25, 0.3) is 5.79 Å². The van der Waals surface area contributed by atoms with Crippen molar-refractivity contribution in [2.75, 3.05) is 12.1 Å². The van der Waals surface area contributed by atoms with E-state index in [9.17, 15) is 9.83 Å². The summed E-state index contributed by atoms with van der Waals surface area (Å²) in [6.45, 7) is 0. The number of imidazole rings is 1. The molecule has 1 aliphatic rings. The van der Waals surface area contributed by atoms with E-state index >= 15 is 0 Å². The van der Waals surface area contributed by atoms with Gasteiger partial charge in [-0.3, -0.25) is 9.13 Å². The Hall–Kier alpha value is -2.35. The maximum Gasteiger partial charge on any atom is 0.351 e. The van der Waals surface area contributed by atoms with E-state index in [1.165, 1.54) is 29.4 Å². The van der Waals surface area contributed by atoms with Crippen LogP contribution in [0.1, 0.15) is 6.23 Å². The Labute approximate surface area is 129 Å². The van der Waals surface area contributed by atoms with Crippen LogP contribution in [0, 0.1) is 11.3 Å². The Morgan fingerprint density at radius 1 is 1.52 bits per heavy atom. The van der Waals surface area contributed by atoms with E-state index in [0.29, 0.717) is 11.2 Å². The number of nitrogens with two attached hydrogens (primary N) is 1. The zero-order valence-corrected chi connectivity index (χ0v) is 12.4. The molecule has 2 aromatic heterocycles. The molecule has 0 bridgehead atoms. The molecule has 4 N–H and O–H groups in total. The fourth-order valence-corrected chi connectivity index (χ4v) is 2.39. The smallest absolute Gasteiger partial charge is 0.351 e. The molecule has 0 amide bonds. The summed E-state index contributed by atoms with van der Waals surface area (Å²) in [4.78, 5) is 29.7. The third-order valence-corrected chi connectivity index (χ3v) is 3.51. The maximum absolute atomic E-state index is 10.9. The minimum atomic E-state index is -4.44. The van der Waals surface area contributed by atoms with Crippen molar-refractivity contribution < 1.29 is 23.8 Å². The van der Waals surface area contributed by atoms with Gasteiger partial charge in [-0.15, -0.1) is 0 Å². The van der Waals surface area contributed by atoms with Crippen molar-refractivity contribution in [3.63, 3.8) is 0 Å². The monoisotopic (exact) mass is 338 g/mol. The van der Waals surface area contributed by atoms with Crippen molar-refractivity contribution in [1.29, 1.82) is 5.26 Å². The first-order valence-electron chi connectivity index (χ1n) is 6.23. The van der Waals surface area contributed by atoms with Gasteiger partial charge in [0.1, 0.15) is 17.9 Å². The van der Waals surface area contributed by atoms with Gasteiger partial charge in [-0.2, -0.15) is 5.26 Å². The van der Waals surface area contributed by atoms with Gasteiger partial charge in [0.2, 0.25) is 0 Å². The minimum absolute atomic E-state index is 0.194. The van der Waals surface area contributed by atoms with Crippen LogP contribution in [-0.2, 0) is 14.0 Å². The van der Waals surface area contributed by atoms with E-state index < -0.39 is 26.0 Å². The van der Waals surface area contributed by atoms with Crippen molar-refractivity contribution in [2.45, 2.75) is 12.0 Å². The van der Waals surface area contributed by atoms with Crippen molar-refractivity contribution in [3.05, 3.63) is 24.8 Å². The van der Waals surface area contributed by atoms with E-state index in [2.05, 4.69) is 15.0 Å². The van der Waals surface area contributed by atoms with E-state index in [1.807, 2.05) is 0 Å². The summed E-state index contributed by atoms with van der Waals surface area (Å²) in [5.41, 5.74) is 6.45. The van der Waals surface area contributed by atoms with Gasteiger partial charge in [-0.25, -0.2) is 15.0 Å². The number of nitriles is 1. The molecule has 23 heavy (non-hydrogen) atoms. The van der Waals surface area contributed by atoms with Crippen molar-refractivity contribution >= 4 is 24.6 Å². The summed E-state index contributed by atoms with van der Waals surface area (Å²) >= 11 is 0. The van der Waals surface area contributed by atoms with Gasteiger partial charge in [0, 0.05) is 0 Å². The molecular formula is C11H11N6O5P. The number of rotatable bonds is 4. The molecule has 120 valence electrons. The van der Waals surface area contributed by atoms with Crippen LogP contribution in [0.4, 0.5) is 5.82 Å². The van der Waals surface area contributed by atoms with E-state index in [0.717, 1.165) is 0 Å². The van der Waals surface area contributed by atoms with Crippen molar-refractivity contribution in [3.8, 4) is 6.07 Å². The summed E-state index contributed by atoms with van der Waals surface area (Å²) in [6, 6.07) is 1.74. The second-order valence-electron chi connectivity index (χ2n) is 4.67. The highest BCUT2D eigenvalue weighted by Gasteiger charge is 2.40. The van der Waals surface area contributed by atoms with Crippen LogP contribution in [-0.4, -0.2) is 41.4 Å². The Morgan fingerprint density at radius 2 is 2.30 bits per heavy atom. The summed E-state index contributed by atoms with van der Waals surface area (Å²) in [5.74, 6) is -1.71. The zero-order valence-electron chi connectivity index (χ0n) is 11.5. The number of aromatic nitrogens is 4. The van der Waals surface area contributed by atoms with Gasteiger partial charge in [0.15, 0.2) is 24.0 Å². The van der Waals surface area contributed by atoms with Crippen LogP contribution >= 0.6 is 7.60 Å². The van der Waals surface area contributed by atoms with Crippen LogP contribution in [0.15, 0.2) is 24.8 Å². The summed E-state index contributed by atoms with van der Waals surface area (Å²) < 4.78 is 22.8. The molecule has 0 unspecified atom stereocenters. The molecule has 2 atom stereocenters. The summed E-state index contributed by atoms with van der Waals surface area (Å²) in [7, 11) is -4.44. The molecule has 0 radical (unpaired) electrons. The van der Waals surface area contributed by atoms with Gasteiger partial charge in [-0.1, -0.05) is 0 Å². The molecule has 0 saturated heterocycles. The lowest BCUT2D eigenvalue weighted by atomic mass is 10.3. The molecule has 12 heteroatoms. The van der Waals surface area contributed by atoms with Gasteiger partial charge in [0.05, 0.1) is 6.33 Å². The van der Waals surface area contributed by atoms with Crippen LogP contribution in [0.25, 0.3) is 11.2 Å². The summed E-state index contributed by atoms with van der Waals surface area (Å²) in [6.07, 6.45) is 3.67. The fourth-order valence-electron chi connectivity index (χ4n) is 2.03. The Bertz CT molecular complexity index is 869. The molecule has 11 nitrogen and oxygen atoms in total. The Balaban J connectivity index is 1.87. The lowest BCUT2D eigenvalue weighted by molar-refractivity contribution is -0.176. The zero-order chi connectivity index (χ0) is 16.7. The Kier molecular flexibility index (Phi) is 3.63. The number of fused-ring (bicyclic) bond motifs is 1. The van der Waals surface area contributed by atoms with Crippen LogP contribution in [0.5, 0.6) is 0 Å². The number of ether oxygens (including phenoxy) is 2. The maximum atomic E-state index is 10.9. The topological polar surface area (TPSA) is 169 Å². The van der Waals surface area contributed by atoms with Crippen LogP contribution in [0.3, 0.4) is 0 Å². The lowest BCUT2D eigenvalue weighted by Crippen LogP contribution is -2.31. The Morgan fingerprint density at radius 3 is 3.00 bits per heavy atom. The van der Waals surface area contributed by atoms with Crippen molar-refractivity contribution in [2.24, 2.45) is 0 Å². The van der Waals surface area contributed by atoms with Gasteiger partial charge >= 0.3 is 7.60 Å². The predicted octanol–water partition coefficient (Wildman–Crippen LogP) is -0.135. The molecule has 2 aromatic rings. The predicted molar refractivity (Wildman–Crippen MR) is 75.3 cm³/mol. The molecule has 0 spiro atoms. The number of hydrogen-bond acceptors (Lipinski definition) is 8. The average Bonchev–Trinajstić information content (AvgIpc) is 3.09. The number of nitrogen functional groups attached to an aromatic ring is 1. The number of nitrogens with zero attached hydrogens (tertiary/aromatic N) is 5. The molecule has 0 aliphatic carbocycles. The minimum Gasteiger partial charge on any atom is -0.382 e. The van der Waals surface area contributed by atoms with Gasteiger partial charge < -0.3 is 25.0 Å². The fraction of sp³-hybridized carbons (Fsp3) is 0.273. The molecule has 0 aromatic carbocycles. The van der Waals surface area contributed by atoms with E-state index in [4.69, 9.17) is 25.0 Å². The largest absolute Gasteiger partial charge is 0.382 e. The first-order valence-corrected chi connectivity index (χ1v) is 8.03. The van der Waals surface area contributed by atoms with Gasteiger partial charge in [-0.05, 0) is 12.2 Å². The first kappa shape index (κ1) is 15.5. The molecule has 0 saturated carbocycles. The average molecular weight is 338 g/mol.